The summed E-state index contributed by atoms with van der Waals surface area (Å²) in [6, 6.07) is 12.7. The van der Waals surface area contributed by atoms with Crippen molar-refractivity contribution in [2.24, 2.45) is 7.05 Å². The Morgan fingerprint density at radius 1 is 1.16 bits per heavy atom. The lowest BCUT2D eigenvalue weighted by molar-refractivity contribution is 0.103. The van der Waals surface area contributed by atoms with E-state index in [1.54, 1.807) is 42.9 Å². The number of anilines is 2. The van der Waals surface area contributed by atoms with Gasteiger partial charge in [0, 0.05) is 44.4 Å². The monoisotopic (exact) mass is 511 g/mol. The zero-order chi connectivity index (χ0) is 26.6. The number of imidazole rings is 1. The minimum Gasteiger partial charge on any atom is -0.408 e. The van der Waals surface area contributed by atoms with Gasteiger partial charge in [0.05, 0.1) is 11.7 Å². The minimum atomic E-state index is -0.470. The third-order valence-corrected chi connectivity index (χ3v) is 7.18. The van der Waals surface area contributed by atoms with Crippen LogP contribution in [0.15, 0.2) is 44.5 Å². The minimum absolute atomic E-state index is 0.00911. The van der Waals surface area contributed by atoms with Gasteiger partial charge in [-0.05, 0) is 61.7 Å². The van der Waals surface area contributed by atoms with E-state index < -0.39 is 5.76 Å². The number of oxazole rings is 1. The first-order chi connectivity index (χ1) is 18.3. The van der Waals surface area contributed by atoms with E-state index in [9.17, 15) is 14.4 Å². The van der Waals surface area contributed by atoms with Gasteiger partial charge in [-0.2, -0.15) is 0 Å². The molecule has 5 aromatic rings. The van der Waals surface area contributed by atoms with Crippen molar-refractivity contribution in [3.05, 3.63) is 80.3 Å². The average molecular weight is 512 g/mol. The van der Waals surface area contributed by atoms with Gasteiger partial charge in [-0.1, -0.05) is 0 Å². The van der Waals surface area contributed by atoms with Gasteiger partial charge < -0.3 is 14.6 Å². The fourth-order valence-corrected chi connectivity index (χ4v) is 5.29. The fraction of sp³-hybridized carbons (Fsp3) is 0.296. The molecular weight excluding hydrogens is 486 g/mol. The Balaban J connectivity index is 1.28. The molecule has 192 valence electrons. The van der Waals surface area contributed by atoms with Crippen LogP contribution in [-0.2, 0) is 7.05 Å². The summed E-state index contributed by atoms with van der Waals surface area (Å²) in [5, 5.41) is 3.05. The van der Waals surface area contributed by atoms with Crippen LogP contribution in [0.25, 0.3) is 22.3 Å². The predicted molar refractivity (Wildman–Crippen MR) is 142 cm³/mol. The summed E-state index contributed by atoms with van der Waals surface area (Å²) in [5.41, 5.74) is 3.66. The van der Waals surface area contributed by atoms with Crippen molar-refractivity contribution >= 4 is 39.7 Å². The van der Waals surface area contributed by atoms with Crippen molar-refractivity contribution in [1.29, 1.82) is 0 Å². The largest absolute Gasteiger partial charge is 0.419 e. The number of carbonyl (C=O) groups excluding carboxylic acids is 1. The third-order valence-electron chi connectivity index (χ3n) is 7.18. The Kier molecular flexibility index (Phi) is 5.52. The van der Waals surface area contributed by atoms with Crippen molar-refractivity contribution in [2.45, 2.75) is 25.8 Å². The van der Waals surface area contributed by atoms with E-state index in [4.69, 9.17) is 9.40 Å². The van der Waals surface area contributed by atoms with Crippen LogP contribution in [0.2, 0.25) is 0 Å². The molecule has 1 saturated heterocycles. The molecule has 0 radical (unpaired) electrons. The highest BCUT2D eigenvalue weighted by atomic mass is 16.4. The van der Waals surface area contributed by atoms with Gasteiger partial charge in [-0.15, -0.1) is 0 Å². The van der Waals surface area contributed by atoms with Crippen molar-refractivity contribution in [3.63, 3.8) is 0 Å². The fourth-order valence-electron chi connectivity index (χ4n) is 5.29. The van der Waals surface area contributed by atoms with Crippen LogP contribution in [0.4, 0.5) is 11.6 Å². The van der Waals surface area contributed by atoms with E-state index in [1.807, 2.05) is 6.92 Å². The first-order valence-corrected chi connectivity index (χ1v) is 12.3. The quantitative estimate of drug-likeness (QED) is 0.344. The molecule has 11 nitrogen and oxygen atoms in total. The number of benzene rings is 1. The first-order valence-electron chi connectivity index (χ1n) is 12.3. The number of piperidine rings is 1. The van der Waals surface area contributed by atoms with Crippen LogP contribution in [0.5, 0.6) is 0 Å². The topological polar surface area (TPSA) is 131 Å². The predicted octanol–water partition coefficient (Wildman–Crippen LogP) is 2.59. The highest BCUT2D eigenvalue weighted by Crippen LogP contribution is 2.29. The number of rotatable bonds is 5. The van der Waals surface area contributed by atoms with Gasteiger partial charge in [0.15, 0.2) is 17.0 Å². The number of aromatic nitrogens is 5. The number of H-pyrrole nitrogens is 1. The standard InChI is InChI=1S/C27H25N7O4/c1-15-11-16(12-20-23(15)32(3)27(37)38-20)24(35)17-13-21(28-2)30-22(14-17)33-9-6-18(7-10-33)34-19-5-4-8-29-25(19)31-26(34)36/h8,11-14,18H,6-7,9-10H2,1-3H3,(H,28,30)(H,29,31,36). The Morgan fingerprint density at radius 3 is 2.68 bits per heavy atom. The molecule has 0 aliphatic carbocycles. The highest BCUT2D eigenvalue weighted by molar-refractivity contribution is 6.11. The van der Waals surface area contributed by atoms with Crippen molar-refractivity contribution in [2.75, 3.05) is 30.4 Å². The summed E-state index contributed by atoms with van der Waals surface area (Å²) in [4.78, 5) is 51.9. The van der Waals surface area contributed by atoms with Crippen molar-refractivity contribution in [3.8, 4) is 0 Å². The van der Waals surface area contributed by atoms with Crippen LogP contribution in [0, 0.1) is 19.1 Å². The molecule has 6 rings (SSSR count). The smallest absolute Gasteiger partial charge is 0.408 e. The second kappa shape index (κ2) is 8.92. The lowest BCUT2D eigenvalue weighted by Crippen LogP contribution is -2.37. The van der Waals surface area contributed by atoms with E-state index in [0.29, 0.717) is 71.0 Å². The van der Waals surface area contributed by atoms with Crippen LogP contribution in [-0.4, -0.2) is 50.0 Å². The third kappa shape index (κ3) is 3.82. The maximum atomic E-state index is 13.6. The van der Waals surface area contributed by atoms with E-state index in [0.717, 1.165) is 5.56 Å². The number of carbonyl (C=O) groups is 1. The lowest BCUT2D eigenvalue weighted by atomic mass is 10.0. The summed E-state index contributed by atoms with van der Waals surface area (Å²) < 4.78 is 8.48. The van der Waals surface area contributed by atoms with Crippen molar-refractivity contribution in [1.82, 2.24) is 24.1 Å². The maximum Gasteiger partial charge on any atom is 0.419 e. The Bertz CT molecular complexity index is 1820. The molecule has 11 heteroatoms. The second-order valence-corrected chi connectivity index (χ2v) is 9.49. The summed E-state index contributed by atoms with van der Waals surface area (Å²) in [6.45, 7) is 3.16. The second-order valence-electron chi connectivity index (χ2n) is 9.49. The molecule has 1 aliphatic heterocycles. The molecule has 5 heterocycles. The molecule has 1 aromatic carbocycles. The number of aromatic amines is 1. The Hall–Kier alpha value is -4.85. The van der Waals surface area contributed by atoms with Crippen LogP contribution in [0.3, 0.4) is 0 Å². The molecule has 0 amide bonds. The van der Waals surface area contributed by atoms with Gasteiger partial charge in [-0.3, -0.25) is 18.9 Å². The molecule has 0 atom stereocenters. The number of fused-ring (bicyclic) bond motifs is 2. The van der Waals surface area contributed by atoms with E-state index in [2.05, 4.69) is 32.3 Å². The Labute approximate surface area is 216 Å². The summed E-state index contributed by atoms with van der Waals surface area (Å²) >= 11 is 0. The highest BCUT2D eigenvalue weighted by Gasteiger charge is 2.26. The molecule has 2 N–H and O–H groups in total. The average Bonchev–Trinajstić information content (AvgIpc) is 3.42. The summed E-state index contributed by atoms with van der Waals surface area (Å²) in [5.74, 6) is 0.583. The summed E-state index contributed by atoms with van der Waals surface area (Å²) in [6.07, 6.45) is 2.92. The normalized spacial score (nSPS) is 14.2. The van der Waals surface area contributed by atoms with Crippen LogP contribution >= 0.6 is 0 Å². The molecule has 1 aliphatic rings. The molecule has 38 heavy (non-hydrogen) atoms. The number of ketones is 1. The van der Waals surface area contributed by atoms with Crippen LogP contribution in [0.1, 0.15) is 40.4 Å². The molecular formula is C27H25N7O4. The van der Waals surface area contributed by atoms with Gasteiger partial charge in [0.2, 0.25) is 0 Å². The number of nitrogens with zero attached hydrogens (tertiary/aromatic N) is 5. The molecule has 1 fully saturated rings. The number of hydrogen-bond acceptors (Lipinski definition) is 8. The SMILES string of the molecule is CNc1cc(C(=O)c2cc(C)c3c(c2)oc(=O)n3C)cc(N2CCC(n3c(=O)[nH]c4ncc#cc43)CC2)n1. The molecule has 0 bridgehead atoms. The molecule has 4 aromatic heterocycles. The number of nitrogens with one attached hydrogen (secondary N) is 2. The van der Waals surface area contributed by atoms with Crippen LogP contribution < -0.4 is 21.7 Å². The number of aryl methyl sites for hydroxylation is 2. The maximum absolute atomic E-state index is 13.6. The van der Waals surface area contributed by atoms with Gasteiger partial charge in [-0.25, -0.2) is 19.6 Å². The van der Waals surface area contributed by atoms with Gasteiger partial charge in [0.1, 0.15) is 17.2 Å². The van der Waals surface area contributed by atoms with Gasteiger partial charge >= 0.3 is 11.4 Å². The molecule has 0 unspecified atom stereocenters. The Morgan fingerprint density at radius 2 is 1.92 bits per heavy atom. The summed E-state index contributed by atoms with van der Waals surface area (Å²) in [7, 11) is 3.40. The zero-order valence-electron chi connectivity index (χ0n) is 21.2. The van der Waals surface area contributed by atoms with Crippen molar-refractivity contribution < 1.29 is 9.21 Å². The first kappa shape index (κ1) is 23.5. The number of hydrogen-bond donors (Lipinski definition) is 2. The molecule has 0 spiro atoms. The van der Waals surface area contributed by atoms with Gasteiger partial charge in [0.25, 0.3) is 0 Å². The lowest BCUT2D eigenvalue weighted by Gasteiger charge is -2.33. The van der Waals surface area contributed by atoms with E-state index >= 15 is 0 Å². The van der Waals surface area contributed by atoms with E-state index in [-0.39, 0.29) is 17.5 Å². The van der Waals surface area contributed by atoms with E-state index in [1.165, 1.54) is 10.8 Å². The zero-order valence-corrected chi connectivity index (χ0v) is 21.2. The molecule has 0 saturated carbocycles. The number of pyridine rings is 1.